The fourth-order valence-corrected chi connectivity index (χ4v) is 2.23. The van der Waals surface area contributed by atoms with Crippen molar-refractivity contribution in [1.82, 2.24) is 0 Å². The SMILES string of the molecule is COc1cccc(OC)c1C(=O)Nc1ccc(Cl)cc1C(=O)O. The van der Waals surface area contributed by atoms with Crippen LogP contribution in [-0.4, -0.2) is 31.2 Å². The second-order valence-corrected chi connectivity index (χ2v) is 4.92. The van der Waals surface area contributed by atoms with Gasteiger partial charge in [0.05, 0.1) is 25.5 Å². The van der Waals surface area contributed by atoms with E-state index >= 15 is 0 Å². The Morgan fingerprint density at radius 2 is 1.70 bits per heavy atom. The molecule has 2 aromatic rings. The molecule has 0 saturated heterocycles. The average molecular weight is 336 g/mol. The van der Waals surface area contributed by atoms with Crippen molar-refractivity contribution in [3.63, 3.8) is 0 Å². The fourth-order valence-electron chi connectivity index (χ4n) is 2.06. The van der Waals surface area contributed by atoms with Crippen LogP contribution >= 0.6 is 11.6 Å². The summed E-state index contributed by atoms with van der Waals surface area (Å²) in [5, 5.41) is 12.0. The molecule has 7 heteroatoms. The first-order valence-electron chi connectivity index (χ1n) is 6.53. The second kappa shape index (κ2) is 7.02. The maximum Gasteiger partial charge on any atom is 0.337 e. The molecule has 0 aliphatic heterocycles. The highest BCUT2D eigenvalue weighted by Gasteiger charge is 2.20. The molecule has 0 fully saturated rings. The lowest BCUT2D eigenvalue weighted by molar-refractivity contribution is 0.0698. The molecule has 0 aliphatic rings. The molecule has 0 unspecified atom stereocenters. The van der Waals surface area contributed by atoms with Crippen molar-refractivity contribution >= 4 is 29.2 Å². The number of aromatic carboxylic acids is 1. The number of methoxy groups -OCH3 is 2. The highest BCUT2D eigenvalue weighted by atomic mass is 35.5. The van der Waals surface area contributed by atoms with E-state index in [1.807, 2.05) is 0 Å². The van der Waals surface area contributed by atoms with Crippen LogP contribution in [0.5, 0.6) is 11.5 Å². The number of rotatable bonds is 5. The van der Waals surface area contributed by atoms with Crippen molar-refractivity contribution in [1.29, 1.82) is 0 Å². The number of hydrogen-bond donors (Lipinski definition) is 2. The predicted octanol–water partition coefficient (Wildman–Crippen LogP) is 3.31. The lowest BCUT2D eigenvalue weighted by Crippen LogP contribution is -2.16. The summed E-state index contributed by atoms with van der Waals surface area (Å²) in [6.07, 6.45) is 0. The van der Waals surface area contributed by atoms with Gasteiger partial charge in [-0.2, -0.15) is 0 Å². The Balaban J connectivity index is 2.43. The van der Waals surface area contributed by atoms with E-state index in [0.29, 0.717) is 11.5 Å². The van der Waals surface area contributed by atoms with Crippen LogP contribution in [-0.2, 0) is 0 Å². The molecule has 120 valence electrons. The third-order valence-electron chi connectivity index (χ3n) is 3.12. The van der Waals surface area contributed by atoms with E-state index in [0.717, 1.165) is 0 Å². The summed E-state index contributed by atoms with van der Waals surface area (Å²) < 4.78 is 10.3. The van der Waals surface area contributed by atoms with Gasteiger partial charge in [0.2, 0.25) is 0 Å². The van der Waals surface area contributed by atoms with Crippen molar-refractivity contribution in [3.05, 3.63) is 52.5 Å². The maximum absolute atomic E-state index is 12.5. The Labute approximate surface area is 137 Å². The molecule has 0 aliphatic carbocycles. The van der Waals surface area contributed by atoms with Crippen LogP contribution in [0, 0.1) is 0 Å². The number of amides is 1. The van der Waals surface area contributed by atoms with Crippen LogP contribution in [0.25, 0.3) is 0 Å². The predicted molar refractivity (Wildman–Crippen MR) is 85.9 cm³/mol. The van der Waals surface area contributed by atoms with E-state index in [-0.39, 0.29) is 21.8 Å². The first-order valence-corrected chi connectivity index (χ1v) is 6.91. The number of hydrogen-bond acceptors (Lipinski definition) is 4. The number of benzene rings is 2. The van der Waals surface area contributed by atoms with Crippen LogP contribution in [0.15, 0.2) is 36.4 Å². The number of carboxylic acid groups (broad SMARTS) is 1. The highest BCUT2D eigenvalue weighted by molar-refractivity contribution is 6.31. The smallest absolute Gasteiger partial charge is 0.337 e. The van der Waals surface area contributed by atoms with Crippen molar-refractivity contribution in [2.45, 2.75) is 0 Å². The van der Waals surface area contributed by atoms with Crippen LogP contribution < -0.4 is 14.8 Å². The van der Waals surface area contributed by atoms with E-state index < -0.39 is 11.9 Å². The van der Waals surface area contributed by atoms with Gasteiger partial charge in [0.15, 0.2) is 0 Å². The molecule has 2 rings (SSSR count). The maximum atomic E-state index is 12.5. The molecule has 2 N–H and O–H groups in total. The van der Waals surface area contributed by atoms with E-state index in [4.69, 9.17) is 21.1 Å². The average Bonchev–Trinajstić information content (AvgIpc) is 2.55. The number of nitrogens with one attached hydrogen (secondary N) is 1. The molecule has 0 spiro atoms. The minimum Gasteiger partial charge on any atom is -0.496 e. The zero-order valence-electron chi connectivity index (χ0n) is 12.4. The summed E-state index contributed by atoms with van der Waals surface area (Å²) in [5.41, 5.74) is 0.184. The van der Waals surface area contributed by atoms with Gasteiger partial charge in [-0.05, 0) is 30.3 Å². The minimum absolute atomic E-state index is 0.111. The number of halogens is 1. The number of carboxylic acids is 1. The van der Waals surface area contributed by atoms with E-state index in [2.05, 4.69) is 5.32 Å². The number of carbonyl (C=O) groups excluding carboxylic acids is 1. The molecule has 6 nitrogen and oxygen atoms in total. The van der Waals surface area contributed by atoms with Crippen LogP contribution in [0.3, 0.4) is 0 Å². The van der Waals surface area contributed by atoms with E-state index in [9.17, 15) is 14.7 Å². The van der Waals surface area contributed by atoms with Gasteiger partial charge in [-0.15, -0.1) is 0 Å². The van der Waals surface area contributed by atoms with Crippen LogP contribution in [0.4, 0.5) is 5.69 Å². The normalized spacial score (nSPS) is 10.0. The quantitative estimate of drug-likeness (QED) is 0.875. The van der Waals surface area contributed by atoms with Crippen LogP contribution in [0.2, 0.25) is 5.02 Å². The topological polar surface area (TPSA) is 84.9 Å². The Kier molecular flexibility index (Phi) is 5.08. The Morgan fingerprint density at radius 3 is 2.22 bits per heavy atom. The summed E-state index contributed by atoms with van der Waals surface area (Å²) in [4.78, 5) is 23.8. The lowest BCUT2D eigenvalue weighted by atomic mass is 10.1. The van der Waals surface area contributed by atoms with Crippen molar-refractivity contribution in [3.8, 4) is 11.5 Å². The summed E-state index contributed by atoms with van der Waals surface area (Å²) >= 11 is 5.79. The molecule has 1 amide bonds. The third kappa shape index (κ3) is 3.54. The van der Waals surface area contributed by atoms with Crippen LogP contribution in [0.1, 0.15) is 20.7 Å². The van der Waals surface area contributed by atoms with Gasteiger partial charge in [-0.3, -0.25) is 4.79 Å². The summed E-state index contributed by atoms with van der Waals surface area (Å²) in [7, 11) is 2.85. The van der Waals surface area contributed by atoms with Gasteiger partial charge in [0, 0.05) is 5.02 Å². The van der Waals surface area contributed by atoms with Crippen molar-refractivity contribution < 1.29 is 24.2 Å². The third-order valence-corrected chi connectivity index (χ3v) is 3.35. The van der Waals surface area contributed by atoms with Gasteiger partial charge in [-0.25, -0.2) is 4.79 Å². The first kappa shape index (κ1) is 16.6. The molecule has 0 saturated carbocycles. The monoisotopic (exact) mass is 335 g/mol. The molecule has 23 heavy (non-hydrogen) atoms. The molecule has 0 bridgehead atoms. The van der Waals surface area contributed by atoms with Gasteiger partial charge in [-0.1, -0.05) is 17.7 Å². The lowest BCUT2D eigenvalue weighted by Gasteiger charge is -2.14. The largest absolute Gasteiger partial charge is 0.496 e. The first-order chi connectivity index (χ1) is 11.0. The van der Waals surface area contributed by atoms with E-state index in [1.54, 1.807) is 18.2 Å². The molecule has 0 aromatic heterocycles. The summed E-state index contributed by atoms with van der Waals surface area (Å²) in [6.45, 7) is 0. The van der Waals surface area contributed by atoms with Crippen molar-refractivity contribution in [2.75, 3.05) is 19.5 Å². The molecular formula is C16H14ClNO5. The molecular weight excluding hydrogens is 322 g/mol. The summed E-state index contributed by atoms with van der Waals surface area (Å²) in [5.74, 6) is -1.13. The zero-order valence-corrected chi connectivity index (χ0v) is 13.2. The standard InChI is InChI=1S/C16H14ClNO5/c1-22-12-4-3-5-13(23-2)14(12)15(19)18-11-7-6-9(17)8-10(11)16(20)21/h3-8H,1-2H3,(H,18,19)(H,20,21). The number of carbonyl (C=O) groups is 2. The molecule has 0 heterocycles. The number of ether oxygens (including phenoxy) is 2. The fraction of sp³-hybridized carbons (Fsp3) is 0.125. The Morgan fingerprint density at radius 1 is 1.09 bits per heavy atom. The highest BCUT2D eigenvalue weighted by Crippen LogP contribution is 2.30. The molecule has 2 aromatic carbocycles. The number of anilines is 1. The van der Waals surface area contributed by atoms with E-state index in [1.165, 1.54) is 32.4 Å². The van der Waals surface area contributed by atoms with Gasteiger partial charge in [0.1, 0.15) is 17.1 Å². The van der Waals surface area contributed by atoms with Crippen molar-refractivity contribution in [2.24, 2.45) is 0 Å². The Hall–Kier alpha value is -2.73. The second-order valence-electron chi connectivity index (χ2n) is 4.49. The molecule has 0 radical (unpaired) electrons. The van der Waals surface area contributed by atoms with Gasteiger partial charge in [0.25, 0.3) is 5.91 Å². The molecule has 0 atom stereocenters. The summed E-state index contributed by atoms with van der Waals surface area (Å²) in [6, 6.07) is 9.07. The zero-order chi connectivity index (χ0) is 17.0. The van der Waals surface area contributed by atoms with Gasteiger partial charge < -0.3 is 19.9 Å². The Bertz CT molecular complexity index is 738. The van der Waals surface area contributed by atoms with Gasteiger partial charge >= 0.3 is 5.97 Å². The minimum atomic E-state index is -1.20.